The molecule has 1 amide bonds. The van der Waals surface area contributed by atoms with E-state index < -0.39 is 11.7 Å². The number of hydrogen-bond donors (Lipinski definition) is 1. The van der Waals surface area contributed by atoms with Gasteiger partial charge in [0.05, 0.1) is 0 Å². The molecule has 1 aromatic carbocycles. The average molecular weight is 232 g/mol. The summed E-state index contributed by atoms with van der Waals surface area (Å²) in [7, 11) is 0. The van der Waals surface area contributed by atoms with Crippen molar-refractivity contribution in [3.8, 4) is 0 Å². The number of piperidine rings is 1. The lowest BCUT2D eigenvalue weighted by atomic mass is 10.1. The van der Waals surface area contributed by atoms with Crippen LogP contribution < -0.4 is 10.6 Å². The summed E-state index contributed by atoms with van der Waals surface area (Å²) >= 11 is 0. The molecule has 2 N–H and O–H groups in total. The third kappa shape index (κ3) is 2.64. The molecular formula is C13H16N2O2. The van der Waals surface area contributed by atoms with Gasteiger partial charge in [-0.15, -0.1) is 0 Å². The minimum absolute atomic E-state index is 0.376. The monoisotopic (exact) mass is 232 g/mol. The van der Waals surface area contributed by atoms with Crippen LogP contribution in [0.25, 0.3) is 0 Å². The van der Waals surface area contributed by atoms with Gasteiger partial charge in [-0.1, -0.05) is 12.1 Å². The predicted octanol–water partition coefficient (Wildman–Crippen LogP) is 1.34. The van der Waals surface area contributed by atoms with Crippen LogP contribution in [0.15, 0.2) is 24.3 Å². The van der Waals surface area contributed by atoms with E-state index >= 15 is 0 Å². The highest BCUT2D eigenvalue weighted by Gasteiger charge is 2.15. The van der Waals surface area contributed by atoms with Gasteiger partial charge >= 0.3 is 0 Å². The molecule has 0 spiro atoms. The van der Waals surface area contributed by atoms with Crippen LogP contribution in [-0.4, -0.2) is 24.8 Å². The zero-order valence-corrected chi connectivity index (χ0v) is 9.69. The number of nitrogens with zero attached hydrogens (tertiary/aromatic N) is 1. The van der Waals surface area contributed by atoms with Crippen molar-refractivity contribution in [2.45, 2.75) is 19.3 Å². The first kappa shape index (κ1) is 11.6. The fourth-order valence-electron chi connectivity index (χ4n) is 2.14. The van der Waals surface area contributed by atoms with Crippen molar-refractivity contribution < 1.29 is 9.59 Å². The van der Waals surface area contributed by atoms with Crippen LogP contribution >= 0.6 is 0 Å². The van der Waals surface area contributed by atoms with Crippen molar-refractivity contribution in [3.05, 3.63) is 29.8 Å². The Morgan fingerprint density at radius 1 is 1.12 bits per heavy atom. The first-order chi connectivity index (χ1) is 8.18. The van der Waals surface area contributed by atoms with E-state index in [4.69, 9.17) is 5.73 Å². The number of anilines is 1. The largest absolute Gasteiger partial charge is 0.372 e. The van der Waals surface area contributed by atoms with Crippen molar-refractivity contribution in [2.75, 3.05) is 18.0 Å². The standard InChI is InChI=1S/C13H16N2O2/c14-13(17)12(16)10-5-4-6-11(9-10)15-7-2-1-3-8-15/h4-6,9H,1-3,7-8H2,(H2,14,17). The highest BCUT2D eigenvalue weighted by molar-refractivity contribution is 6.42. The Bertz CT molecular complexity index is 437. The predicted molar refractivity (Wildman–Crippen MR) is 66.0 cm³/mol. The van der Waals surface area contributed by atoms with Crippen LogP contribution in [0.2, 0.25) is 0 Å². The Labute approximate surface area is 100 Å². The second-order valence-electron chi connectivity index (χ2n) is 4.29. The second-order valence-corrected chi connectivity index (χ2v) is 4.29. The normalized spacial score (nSPS) is 15.6. The molecule has 4 nitrogen and oxygen atoms in total. The van der Waals surface area contributed by atoms with Gasteiger partial charge in [0.1, 0.15) is 0 Å². The maximum Gasteiger partial charge on any atom is 0.289 e. The number of Topliss-reactive ketones (excluding diaryl/α,β-unsaturated/α-hetero) is 1. The summed E-state index contributed by atoms with van der Waals surface area (Å²) in [5, 5.41) is 0. The van der Waals surface area contributed by atoms with Gasteiger partial charge in [0, 0.05) is 24.3 Å². The van der Waals surface area contributed by atoms with Crippen molar-refractivity contribution in [2.24, 2.45) is 5.73 Å². The summed E-state index contributed by atoms with van der Waals surface area (Å²) in [5.74, 6) is -1.52. The van der Waals surface area contributed by atoms with Gasteiger partial charge < -0.3 is 10.6 Å². The smallest absolute Gasteiger partial charge is 0.289 e. The number of amides is 1. The zero-order chi connectivity index (χ0) is 12.3. The molecule has 0 aromatic heterocycles. The molecule has 0 radical (unpaired) electrons. The van der Waals surface area contributed by atoms with E-state index in [1.165, 1.54) is 19.3 Å². The van der Waals surface area contributed by atoms with E-state index in [9.17, 15) is 9.59 Å². The topological polar surface area (TPSA) is 63.4 Å². The van der Waals surface area contributed by atoms with Gasteiger partial charge in [0.25, 0.3) is 5.91 Å². The van der Waals surface area contributed by atoms with Crippen LogP contribution in [0.5, 0.6) is 0 Å². The summed E-state index contributed by atoms with van der Waals surface area (Å²) in [6.07, 6.45) is 3.61. The molecule has 0 unspecified atom stereocenters. The molecule has 4 heteroatoms. The Morgan fingerprint density at radius 3 is 2.47 bits per heavy atom. The molecule has 0 saturated carbocycles. The second kappa shape index (κ2) is 4.99. The molecule has 2 rings (SSSR count). The molecule has 1 aliphatic heterocycles. The summed E-state index contributed by atoms with van der Waals surface area (Å²) in [5.41, 5.74) is 6.37. The molecule has 1 aromatic rings. The molecule has 0 aliphatic carbocycles. The van der Waals surface area contributed by atoms with Crippen molar-refractivity contribution in [1.82, 2.24) is 0 Å². The zero-order valence-electron chi connectivity index (χ0n) is 9.69. The third-order valence-corrected chi connectivity index (χ3v) is 3.05. The number of benzene rings is 1. The highest BCUT2D eigenvalue weighted by Crippen LogP contribution is 2.20. The van der Waals surface area contributed by atoms with Crippen LogP contribution in [-0.2, 0) is 4.79 Å². The van der Waals surface area contributed by atoms with Crippen molar-refractivity contribution in [3.63, 3.8) is 0 Å². The third-order valence-electron chi connectivity index (χ3n) is 3.05. The number of carbonyl (C=O) groups excluding carboxylic acids is 2. The maximum absolute atomic E-state index is 11.5. The fraction of sp³-hybridized carbons (Fsp3) is 0.385. The van der Waals surface area contributed by atoms with Crippen LogP contribution in [0.4, 0.5) is 5.69 Å². The molecule has 1 heterocycles. The Hall–Kier alpha value is -1.84. The summed E-state index contributed by atoms with van der Waals surface area (Å²) in [4.78, 5) is 24.6. The molecule has 17 heavy (non-hydrogen) atoms. The van der Waals surface area contributed by atoms with E-state index in [0.29, 0.717) is 5.56 Å². The van der Waals surface area contributed by atoms with Gasteiger partial charge in [-0.25, -0.2) is 0 Å². The minimum atomic E-state index is -0.902. The van der Waals surface area contributed by atoms with Crippen LogP contribution in [0.1, 0.15) is 29.6 Å². The van der Waals surface area contributed by atoms with E-state index in [1.807, 2.05) is 6.07 Å². The number of primary amides is 1. The van der Waals surface area contributed by atoms with E-state index in [2.05, 4.69) is 4.90 Å². The van der Waals surface area contributed by atoms with Crippen LogP contribution in [0, 0.1) is 0 Å². The first-order valence-electron chi connectivity index (χ1n) is 5.87. The van der Waals surface area contributed by atoms with E-state index in [1.54, 1.807) is 18.2 Å². The van der Waals surface area contributed by atoms with Gasteiger partial charge in [-0.2, -0.15) is 0 Å². The Kier molecular flexibility index (Phi) is 3.42. The molecule has 0 atom stereocenters. The van der Waals surface area contributed by atoms with E-state index in [-0.39, 0.29) is 0 Å². The molecule has 1 aliphatic rings. The number of ketones is 1. The van der Waals surface area contributed by atoms with Gasteiger partial charge in [0.15, 0.2) is 0 Å². The van der Waals surface area contributed by atoms with Crippen molar-refractivity contribution >= 4 is 17.4 Å². The fourth-order valence-corrected chi connectivity index (χ4v) is 2.14. The van der Waals surface area contributed by atoms with Crippen molar-refractivity contribution in [1.29, 1.82) is 0 Å². The average Bonchev–Trinajstić information content (AvgIpc) is 2.39. The summed E-state index contributed by atoms with van der Waals surface area (Å²) < 4.78 is 0. The number of nitrogens with two attached hydrogens (primary N) is 1. The number of hydrogen-bond acceptors (Lipinski definition) is 3. The maximum atomic E-state index is 11.5. The minimum Gasteiger partial charge on any atom is -0.372 e. The molecule has 90 valence electrons. The van der Waals surface area contributed by atoms with Gasteiger partial charge in [-0.3, -0.25) is 9.59 Å². The lowest BCUT2D eigenvalue weighted by molar-refractivity contribution is -0.114. The molecular weight excluding hydrogens is 216 g/mol. The van der Waals surface area contributed by atoms with E-state index in [0.717, 1.165) is 18.8 Å². The molecule has 1 saturated heterocycles. The summed E-state index contributed by atoms with van der Waals surface area (Å²) in [6.45, 7) is 2.02. The summed E-state index contributed by atoms with van der Waals surface area (Å²) in [6, 6.07) is 7.13. The number of rotatable bonds is 3. The van der Waals surface area contributed by atoms with Gasteiger partial charge in [-0.05, 0) is 31.4 Å². The highest BCUT2D eigenvalue weighted by atomic mass is 16.2. The SMILES string of the molecule is NC(=O)C(=O)c1cccc(N2CCCCC2)c1. The molecule has 1 fully saturated rings. The first-order valence-corrected chi connectivity index (χ1v) is 5.87. The number of carbonyl (C=O) groups is 2. The quantitative estimate of drug-likeness (QED) is 0.632. The Morgan fingerprint density at radius 2 is 1.82 bits per heavy atom. The lowest BCUT2D eigenvalue weighted by Gasteiger charge is -2.29. The van der Waals surface area contributed by atoms with Gasteiger partial charge in [0.2, 0.25) is 5.78 Å². The lowest BCUT2D eigenvalue weighted by Crippen LogP contribution is -2.29. The molecule has 0 bridgehead atoms. The Balaban J connectivity index is 2.21. The van der Waals surface area contributed by atoms with Crippen LogP contribution in [0.3, 0.4) is 0 Å².